The predicted octanol–water partition coefficient (Wildman–Crippen LogP) is 3.10. The number of halogens is 1. The lowest BCUT2D eigenvalue weighted by Gasteiger charge is -2.05. The zero-order valence-corrected chi connectivity index (χ0v) is 14.2. The van der Waals surface area contributed by atoms with E-state index >= 15 is 0 Å². The Hall–Kier alpha value is -3.06. The van der Waals surface area contributed by atoms with Gasteiger partial charge in [0, 0.05) is 12.0 Å². The number of rotatable bonds is 3. The van der Waals surface area contributed by atoms with Crippen LogP contribution in [0.25, 0.3) is 17.2 Å². The highest BCUT2D eigenvalue weighted by atomic mass is 35.5. The van der Waals surface area contributed by atoms with E-state index in [1.807, 2.05) is 31.2 Å². The highest BCUT2D eigenvalue weighted by Crippen LogP contribution is 2.25. The summed E-state index contributed by atoms with van der Waals surface area (Å²) in [5.74, 6) is 2.04. The molecule has 25 heavy (non-hydrogen) atoms. The number of nitrogens with two attached hydrogens (primary N) is 2. The highest BCUT2D eigenvalue weighted by Gasteiger charge is 2.16. The second-order valence-corrected chi connectivity index (χ2v) is 6.16. The first-order valence-electron chi connectivity index (χ1n) is 7.62. The lowest BCUT2D eigenvalue weighted by Crippen LogP contribution is -2.05. The fourth-order valence-electron chi connectivity index (χ4n) is 2.68. The summed E-state index contributed by atoms with van der Waals surface area (Å²) in [6.07, 6.45) is 2.34. The average molecular weight is 355 g/mol. The molecule has 3 aromatic heterocycles. The molecule has 0 bridgehead atoms. The SMILES string of the molecule is Cc1ccc(-c2nc(N)nc3c(Cc4ccc(N)c(Cl)c4)cnn23)o1. The van der Waals surface area contributed by atoms with E-state index in [4.69, 9.17) is 27.5 Å². The molecule has 0 amide bonds. The molecule has 0 fully saturated rings. The van der Waals surface area contributed by atoms with E-state index in [-0.39, 0.29) is 5.95 Å². The van der Waals surface area contributed by atoms with Gasteiger partial charge in [-0.3, -0.25) is 0 Å². The summed E-state index contributed by atoms with van der Waals surface area (Å²) in [7, 11) is 0. The minimum absolute atomic E-state index is 0.161. The summed E-state index contributed by atoms with van der Waals surface area (Å²) in [5.41, 5.74) is 14.7. The van der Waals surface area contributed by atoms with Crippen molar-refractivity contribution in [2.24, 2.45) is 0 Å². The molecule has 0 aliphatic rings. The number of fused-ring (bicyclic) bond motifs is 1. The number of aryl methyl sites for hydroxylation is 1. The van der Waals surface area contributed by atoms with Crippen LogP contribution in [-0.2, 0) is 6.42 Å². The molecule has 1 aromatic carbocycles. The molecule has 4 rings (SSSR count). The van der Waals surface area contributed by atoms with Crippen LogP contribution in [-0.4, -0.2) is 19.6 Å². The molecule has 4 N–H and O–H groups in total. The van der Waals surface area contributed by atoms with Gasteiger partial charge in [-0.05, 0) is 36.8 Å². The summed E-state index contributed by atoms with van der Waals surface area (Å²) in [6.45, 7) is 1.87. The first-order valence-corrected chi connectivity index (χ1v) is 8.00. The smallest absolute Gasteiger partial charge is 0.224 e. The Bertz CT molecular complexity index is 1080. The topological polar surface area (TPSA) is 108 Å². The molecule has 126 valence electrons. The first-order chi connectivity index (χ1) is 12.0. The maximum atomic E-state index is 6.10. The number of nitrogens with zero attached hydrogens (tertiary/aromatic N) is 4. The fraction of sp³-hybridized carbons (Fsp3) is 0.118. The normalized spacial score (nSPS) is 11.3. The quantitative estimate of drug-likeness (QED) is 0.547. The number of hydrogen-bond acceptors (Lipinski definition) is 6. The standard InChI is InChI=1S/C17H15ClN6O/c1-9-2-5-14(25-9)16-23-17(20)22-15-11(8-21-24(15)16)6-10-3-4-13(19)12(18)7-10/h2-5,7-8H,6,19H2,1H3,(H2,20,22). The maximum Gasteiger partial charge on any atom is 0.224 e. The van der Waals surface area contributed by atoms with Crippen LogP contribution in [0.3, 0.4) is 0 Å². The van der Waals surface area contributed by atoms with Crippen molar-refractivity contribution in [2.75, 3.05) is 11.5 Å². The molecule has 0 unspecified atom stereocenters. The average Bonchev–Trinajstić information content (AvgIpc) is 3.17. The minimum Gasteiger partial charge on any atom is -0.458 e. The Kier molecular flexibility index (Phi) is 3.58. The Morgan fingerprint density at radius 2 is 2.00 bits per heavy atom. The Balaban J connectivity index is 1.81. The van der Waals surface area contributed by atoms with E-state index in [1.54, 1.807) is 16.8 Å². The molecule has 0 radical (unpaired) electrons. The van der Waals surface area contributed by atoms with E-state index < -0.39 is 0 Å². The lowest BCUT2D eigenvalue weighted by molar-refractivity contribution is 0.541. The molecule has 3 heterocycles. The number of aromatic nitrogens is 4. The van der Waals surface area contributed by atoms with Crippen molar-refractivity contribution in [1.82, 2.24) is 19.6 Å². The van der Waals surface area contributed by atoms with Crippen LogP contribution in [0.2, 0.25) is 5.02 Å². The van der Waals surface area contributed by atoms with Crippen molar-refractivity contribution in [3.63, 3.8) is 0 Å². The molecule has 0 spiro atoms. The van der Waals surface area contributed by atoms with E-state index in [0.29, 0.717) is 34.4 Å². The Labute approximate surface area is 148 Å². The third kappa shape index (κ3) is 2.78. The van der Waals surface area contributed by atoms with Crippen molar-refractivity contribution >= 4 is 28.9 Å². The second kappa shape index (κ2) is 5.78. The summed E-state index contributed by atoms with van der Waals surface area (Å²) < 4.78 is 7.28. The molecule has 0 atom stereocenters. The van der Waals surface area contributed by atoms with Crippen molar-refractivity contribution in [3.05, 3.63) is 58.4 Å². The fourth-order valence-corrected chi connectivity index (χ4v) is 2.88. The molecular formula is C17H15ClN6O. The molecule has 0 aliphatic carbocycles. The summed E-state index contributed by atoms with van der Waals surface area (Å²) in [4.78, 5) is 8.60. The number of anilines is 2. The van der Waals surface area contributed by atoms with Gasteiger partial charge in [0.05, 0.1) is 16.9 Å². The van der Waals surface area contributed by atoms with E-state index in [0.717, 1.165) is 16.9 Å². The maximum absolute atomic E-state index is 6.10. The molecule has 7 nitrogen and oxygen atoms in total. The van der Waals surface area contributed by atoms with Crippen LogP contribution < -0.4 is 11.5 Å². The number of benzene rings is 1. The monoisotopic (exact) mass is 354 g/mol. The van der Waals surface area contributed by atoms with Crippen molar-refractivity contribution in [1.29, 1.82) is 0 Å². The molecule has 8 heteroatoms. The summed E-state index contributed by atoms with van der Waals surface area (Å²) >= 11 is 6.10. The lowest BCUT2D eigenvalue weighted by atomic mass is 10.1. The highest BCUT2D eigenvalue weighted by molar-refractivity contribution is 6.33. The summed E-state index contributed by atoms with van der Waals surface area (Å²) in [6, 6.07) is 9.23. The molecular weight excluding hydrogens is 340 g/mol. The van der Waals surface area contributed by atoms with Gasteiger partial charge in [-0.15, -0.1) is 0 Å². The van der Waals surface area contributed by atoms with Gasteiger partial charge >= 0.3 is 0 Å². The van der Waals surface area contributed by atoms with Crippen LogP contribution in [0.1, 0.15) is 16.9 Å². The van der Waals surface area contributed by atoms with E-state index in [1.165, 1.54) is 0 Å². The van der Waals surface area contributed by atoms with Gasteiger partial charge in [-0.1, -0.05) is 17.7 Å². The van der Waals surface area contributed by atoms with Crippen LogP contribution >= 0.6 is 11.6 Å². The van der Waals surface area contributed by atoms with Crippen molar-refractivity contribution < 1.29 is 4.42 Å². The molecule has 0 saturated heterocycles. The van der Waals surface area contributed by atoms with E-state index in [9.17, 15) is 0 Å². The molecule has 0 aliphatic heterocycles. The predicted molar refractivity (Wildman–Crippen MR) is 96.3 cm³/mol. The second-order valence-electron chi connectivity index (χ2n) is 5.75. The molecule has 0 saturated carbocycles. The van der Waals surface area contributed by atoms with Crippen LogP contribution in [0, 0.1) is 6.92 Å². The van der Waals surface area contributed by atoms with E-state index in [2.05, 4.69) is 15.1 Å². The van der Waals surface area contributed by atoms with Gasteiger partial charge in [0.1, 0.15) is 5.76 Å². The number of nitrogen functional groups attached to an aromatic ring is 2. The van der Waals surface area contributed by atoms with Gasteiger partial charge in [0.25, 0.3) is 0 Å². The Morgan fingerprint density at radius 1 is 1.16 bits per heavy atom. The van der Waals surface area contributed by atoms with Gasteiger partial charge in [0.2, 0.25) is 11.8 Å². The molecule has 4 aromatic rings. The summed E-state index contributed by atoms with van der Waals surface area (Å²) in [5, 5.41) is 4.92. The van der Waals surface area contributed by atoms with Gasteiger partial charge in [0.15, 0.2) is 11.4 Å². The van der Waals surface area contributed by atoms with Crippen LogP contribution in [0.15, 0.2) is 40.9 Å². The zero-order valence-electron chi connectivity index (χ0n) is 13.4. The van der Waals surface area contributed by atoms with Crippen LogP contribution in [0.4, 0.5) is 11.6 Å². The minimum atomic E-state index is 0.161. The van der Waals surface area contributed by atoms with Gasteiger partial charge < -0.3 is 15.9 Å². The number of furan rings is 1. The number of hydrogen-bond donors (Lipinski definition) is 2. The zero-order chi connectivity index (χ0) is 17.6. The Morgan fingerprint density at radius 3 is 2.72 bits per heavy atom. The third-order valence-corrected chi connectivity index (χ3v) is 4.21. The van der Waals surface area contributed by atoms with Gasteiger partial charge in [-0.25, -0.2) is 0 Å². The third-order valence-electron chi connectivity index (χ3n) is 3.88. The first kappa shape index (κ1) is 15.5. The van der Waals surface area contributed by atoms with Crippen molar-refractivity contribution in [2.45, 2.75) is 13.3 Å². The van der Waals surface area contributed by atoms with Gasteiger partial charge in [-0.2, -0.15) is 19.6 Å². The van der Waals surface area contributed by atoms with Crippen LogP contribution in [0.5, 0.6) is 0 Å². The largest absolute Gasteiger partial charge is 0.458 e. The van der Waals surface area contributed by atoms with Crippen molar-refractivity contribution in [3.8, 4) is 11.6 Å².